The standard InChI is InChI=1S/C25H22BrNO5/c1-5-10-32-24-17(26)11-14(12-18(24)30-3)20-19(25(29)31-4)13(2)27-22-15-8-6-7-9-16(15)23(28)21(20)22/h5-9,11-12,20,27H,1,10H2,2-4H3. The highest BCUT2D eigenvalue weighted by atomic mass is 79.9. The van der Waals surface area contributed by atoms with Crippen LogP contribution >= 0.6 is 15.9 Å². The third kappa shape index (κ3) is 3.42. The van der Waals surface area contributed by atoms with Gasteiger partial charge in [-0.3, -0.25) is 4.79 Å². The fourth-order valence-electron chi connectivity index (χ4n) is 4.23. The van der Waals surface area contributed by atoms with E-state index in [2.05, 4.69) is 27.8 Å². The molecular weight excluding hydrogens is 474 g/mol. The molecule has 0 aromatic heterocycles. The van der Waals surface area contributed by atoms with Gasteiger partial charge in [-0.25, -0.2) is 4.79 Å². The van der Waals surface area contributed by atoms with Crippen molar-refractivity contribution in [3.05, 3.63) is 87.1 Å². The van der Waals surface area contributed by atoms with Crippen molar-refractivity contribution in [2.75, 3.05) is 20.8 Å². The van der Waals surface area contributed by atoms with Crippen LogP contribution in [-0.2, 0) is 9.53 Å². The Morgan fingerprint density at radius 3 is 2.59 bits per heavy atom. The number of Topliss-reactive ketones (excluding diaryl/α,β-unsaturated/α-hetero) is 1. The maximum Gasteiger partial charge on any atom is 0.336 e. The predicted octanol–water partition coefficient (Wildman–Crippen LogP) is 4.76. The Morgan fingerprint density at radius 1 is 1.22 bits per heavy atom. The molecule has 4 rings (SSSR count). The molecule has 164 valence electrons. The molecule has 0 saturated carbocycles. The van der Waals surface area contributed by atoms with Crippen LogP contribution in [0.3, 0.4) is 0 Å². The van der Waals surface area contributed by atoms with Gasteiger partial charge in [-0.15, -0.1) is 0 Å². The second kappa shape index (κ2) is 8.67. The van der Waals surface area contributed by atoms with Crippen LogP contribution in [0.4, 0.5) is 0 Å². The van der Waals surface area contributed by atoms with Crippen molar-refractivity contribution in [2.45, 2.75) is 12.8 Å². The quantitative estimate of drug-likeness (QED) is 0.459. The number of hydrogen-bond acceptors (Lipinski definition) is 6. The van der Waals surface area contributed by atoms with Gasteiger partial charge in [-0.05, 0) is 40.5 Å². The van der Waals surface area contributed by atoms with E-state index in [0.29, 0.717) is 56.2 Å². The van der Waals surface area contributed by atoms with Crippen LogP contribution in [0.1, 0.15) is 34.3 Å². The number of methoxy groups -OCH3 is 2. The summed E-state index contributed by atoms with van der Waals surface area (Å²) in [5, 5.41) is 3.27. The molecule has 1 unspecified atom stereocenters. The molecule has 0 spiro atoms. The number of halogens is 1. The first-order valence-electron chi connectivity index (χ1n) is 9.98. The average molecular weight is 496 g/mol. The molecule has 0 fully saturated rings. The molecule has 0 saturated heterocycles. The molecule has 0 amide bonds. The van der Waals surface area contributed by atoms with Gasteiger partial charge in [0.25, 0.3) is 0 Å². The molecular formula is C25H22BrNO5. The van der Waals surface area contributed by atoms with E-state index in [1.54, 1.807) is 25.3 Å². The summed E-state index contributed by atoms with van der Waals surface area (Å²) in [6.45, 7) is 5.78. The Bertz CT molecular complexity index is 1210. The van der Waals surface area contributed by atoms with Crippen LogP contribution in [0.2, 0.25) is 0 Å². The van der Waals surface area contributed by atoms with Gasteiger partial charge in [0.05, 0.1) is 30.0 Å². The van der Waals surface area contributed by atoms with Gasteiger partial charge in [0.2, 0.25) is 0 Å². The number of ether oxygens (including phenoxy) is 3. The Kier molecular flexibility index (Phi) is 5.93. The van der Waals surface area contributed by atoms with Crippen LogP contribution in [0.15, 0.2) is 70.4 Å². The highest BCUT2D eigenvalue weighted by Crippen LogP contribution is 2.49. The van der Waals surface area contributed by atoms with Gasteiger partial charge in [-0.2, -0.15) is 0 Å². The van der Waals surface area contributed by atoms with Crippen molar-refractivity contribution in [3.63, 3.8) is 0 Å². The lowest BCUT2D eigenvalue weighted by Gasteiger charge is -2.29. The number of allylic oxidation sites excluding steroid dienone is 2. The van der Waals surface area contributed by atoms with E-state index in [1.165, 1.54) is 7.11 Å². The minimum absolute atomic E-state index is 0.121. The summed E-state index contributed by atoms with van der Waals surface area (Å²) in [5.41, 5.74) is 4.35. The van der Waals surface area contributed by atoms with Crippen molar-refractivity contribution >= 4 is 33.4 Å². The minimum atomic E-state index is -0.641. The first kappa shape index (κ1) is 21.9. The van der Waals surface area contributed by atoms with Gasteiger partial charge < -0.3 is 19.5 Å². The normalized spacial score (nSPS) is 16.9. The van der Waals surface area contributed by atoms with Gasteiger partial charge in [0, 0.05) is 28.3 Å². The second-order valence-electron chi connectivity index (χ2n) is 7.39. The molecule has 2 aromatic rings. The highest BCUT2D eigenvalue weighted by Gasteiger charge is 2.43. The zero-order valence-electron chi connectivity index (χ0n) is 18.0. The zero-order valence-corrected chi connectivity index (χ0v) is 19.5. The maximum atomic E-state index is 13.5. The number of nitrogens with one attached hydrogen (secondary N) is 1. The van der Waals surface area contributed by atoms with E-state index in [-0.39, 0.29) is 5.78 Å². The van der Waals surface area contributed by atoms with Crippen molar-refractivity contribution in [3.8, 4) is 11.5 Å². The van der Waals surface area contributed by atoms with Crippen molar-refractivity contribution in [2.24, 2.45) is 0 Å². The summed E-state index contributed by atoms with van der Waals surface area (Å²) >= 11 is 3.55. The van der Waals surface area contributed by atoms with E-state index in [9.17, 15) is 9.59 Å². The molecule has 2 aromatic carbocycles. The topological polar surface area (TPSA) is 73.9 Å². The molecule has 7 heteroatoms. The molecule has 1 N–H and O–H groups in total. The largest absolute Gasteiger partial charge is 0.493 e. The molecule has 1 heterocycles. The number of hydrogen-bond donors (Lipinski definition) is 1. The van der Waals surface area contributed by atoms with Crippen LogP contribution < -0.4 is 14.8 Å². The molecule has 1 aliphatic heterocycles. The van der Waals surface area contributed by atoms with E-state index in [4.69, 9.17) is 14.2 Å². The molecule has 2 aliphatic rings. The SMILES string of the molecule is C=CCOc1c(Br)cc(C2C(C(=O)OC)=C(C)NC3=C2C(=O)c2ccccc23)cc1OC. The van der Waals surface area contributed by atoms with Gasteiger partial charge in [0.15, 0.2) is 17.3 Å². The van der Waals surface area contributed by atoms with E-state index in [1.807, 2.05) is 31.2 Å². The van der Waals surface area contributed by atoms with E-state index in [0.717, 1.165) is 5.56 Å². The lowest BCUT2D eigenvalue weighted by molar-refractivity contribution is -0.136. The fraction of sp³-hybridized carbons (Fsp3) is 0.200. The molecule has 32 heavy (non-hydrogen) atoms. The van der Waals surface area contributed by atoms with Crippen LogP contribution in [-0.4, -0.2) is 32.6 Å². The van der Waals surface area contributed by atoms with Crippen LogP contribution in [0.5, 0.6) is 11.5 Å². The molecule has 6 nitrogen and oxygen atoms in total. The average Bonchev–Trinajstić information content (AvgIpc) is 3.08. The summed E-state index contributed by atoms with van der Waals surface area (Å²) in [7, 11) is 2.87. The Balaban J connectivity index is 1.94. The lowest BCUT2D eigenvalue weighted by atomic mass is 9.79. The second-order valence-corrected chi connectivity index (χ2v) is 8.24. The smallest absolute Gasteiger partial charge is 0.336 e. The number of esters is 1. The van der Waals surface area contributed by atoms with Crippen molar-refractivity contribution < 1.29 is 23.8 Å². The van der Waals surface area contributed by atoms with Crippen LogP contribution in [0.25, 0.3) is 5.70 Å². The monoisotopic (exact) mass is 495 g/mol. The van der Waals surface area contributed by atoms with Crippen LogP contribution in [0, 0.1) is 0 Å². The zero-order chi connectivity index (χ0) is 23.0. The van der Waals surface area contributed by atoms with Gasteiger partial charge >= 0.3 is 5.97 Å². The summed E-state index contributed by atoms with van der Waals surface area (Å²) < 4.78 is 17.0. The number of rotatable bonds is 6. The summed E-state index contributed by atoms with van der Waals surface area (Å²) in [6.07, 6.45) is 1.64. The number of carbonyl (C=O) groups is 2. The first-order valence-corrected chi connectivity index (χ1v) is 10.8. The summed E-state index contributed by atoms with van der Waals surface area (Å²) in [6, 6.07) is 11.0. The Labute approximate surface area is 194 Å². The maximum absolute atomic E-state index is 13.5. The van der Waals surface area contributed by atoms with Crippen molar-refractivity contribution in [1.82, 2.24) is 5.32 Å². The summed E-state index contributed by atoms with van der Waals surface area (Å²) in [4.78, 5) is 26.3. The highest BCUT2D eigenvalue weighted by molar-refractivity contribution is 9.10. The number of fused-ring (bicyclic) bond motifs is 2. The number of ketones is 1. The molecule has 1 aliphatic carbocycles. The Hall–Kier alpha value is -3.32. The van der Waals surface area contributed by atoms with Gasteiger partial charge in [0.1, 0.15) is 6.61 Å². The molecule has 0 bridgehead atoms. The molecule has 1 atom stereocenters. The van der Waals surface area contributed by atoms with E-state index < -0.39 is 11.9 Å². The third-order valence-electron chi connectivity index (χ3n) is 5.58. The third-order valence-corrected chi connectivity index (χ3v) is 6.17. The minimum Gasteiger partial charge on any atom is -0.493 e. The number of carbonyl (C=O) groups excluding carboxylic acids is 2. The fourth-order valence-corrected chi connectivity index (χ4v) is 4.81. The predicted molar refractivity (Wildman–Crippen MR) is 125 cm³/mol. The number of benzene rings is 2. The lowest BCUT2D eigenvalue weighted by Crippen LogP contribution is -2.29. The Morgan fingerprint density at radius 2 is 1.94 bits per heavy atom. The van der Waals surface area contributed by atoms with Gasteiger partial charge in [-0.1, -0.05) is 36.9 Å². The van der Waals surface area contributed by atoms with E-state index >= 15 is 0 Å². The van der Waals surface area contributed by atoms with Crippen molar-refractivity contribution in [1.29, 1.82) is 0 Å². The summed E-state index contributed by atoms with van der Waals surface area (Å²) in [5.74, 6) is -0.277. The first-order chi connectivity index (χ1) is 15.4. The molecule has 0 radical (unpaired) electrons. The number of dihydropyridines is 1.